The van der Waals surface area contributed by atoms with Crippen LogP contribution in [0.25, 0.3) is 23.0 Å². The second-order valence-electron chi connectivity index (χ2n) is 5.81. The largest absolute Gasteiger partial charge is 0.326 e. The predicted octanol–water partition coefficient (Wildman–Crippen LogP) is 2.85. The van der Waals surface area contributed by atoms with Crippen LogP contribution in [0.5, 0.6) is 0 Å². The molecule has 3 aromatic rings. The molecule has 0 amide bonds. The van der Waals surface area contributed by atoms with Crippen LogP contribution in [-0.2, 0) is 6.54 Å². The zero-order chi connectivity index (χ0) is 17.4. The Morgan fingerprint density at radius 3 is 3.00 bits per heavy atom. The van der Waals surface area contributed by atoms with Crippen molar-refractivity contribution < 1.29 is 0 Å². The number of hydrogen-bond acceptors (Lipinski definition) is 5. The van der Waals surface area contributed by atoms with Gasteiger partial charge in [0.1, 0.15) is 11.4 Å². The van der Waals surface area contributed by atoms with Crippen LogP contribution in [-0.4, -0.2) is 40.8 Å². The lowest BCUT2D eigenvalue weighted by Gasteiger charge is -2.12. The molecule has 1 fully saturated rings. The lowest BCUT2D eigenvalue weighted by Crippen LogP contribution is -2.18. The standard InChI is InChI=1S/C16H17ClN6OS/c1-2-22-13(8-19-16(22)24)15-20-14(12-4-3-10(17)7-18-12)21-23(15)11-5-6-25-9-11/h3-4,7-8,11H,2,5-6,9H2,1H3,(H,19,24). The maximum atomic E-state index is 12.0. The van der Waals surface area contributed by atoms with Gasteiger partial charge in [-0.05, 0) is 31.2 Å². The summed E-state index contributed by atoms with van der Waals surface area (Å²) in [4.78, 5) is 23.8. The highest BCUT2D eigenvalue weighted by Gasteiger charge is 2.26. The third-order valence-electron chi connectivity index (χ3n) is 4.25. The number of imidazole rings is 1. The van der Waals surface area contributed by atoms with E-state index in [0.29, 0.717) is 28.9 Å². The molecule has 1 atom stereocenters. The first-order valence-corrected chi connectivity index (χ1v) is 9.65. The molecule has 0 aromatic carbocycles. The van der Waals surface area contributed by atoms with E-state index in [-0.39, 0.29) is 11.7 Å². The lowest BCUT2D eigenvalue weighted by molar-refractivity contribution is 0.505. The Bertz CT molecular complexity index is 938. The molecule has 0 radical (unpaired) electrons. The van der Waals surface area contributed by atoms with E-state index in [1.165, 1.54) is 0 Å². The molecule has 0 spiro atoms. The molecule has 0 saturated carbocycles. The molecule has 0 aliphatic carbocycles. The van der Waals surface area contributed by atoms with Gasteiger partial charge in [-0.25, -0.2) is 14.5 Å². The molecular weight excluding hydrogens is 360 g/mol. The summed E-state index contributed by atoms with van der Waals surface area (Å²) in [7, 11) is 0. The van der Waals surface area contributed by atoms with Crippen LogP contribution in [0, 0.1) is 0 Å². The zero-order valence-corrected chi connectivity index (χ0v) is 15.2. The fraction of sp³-hybridized carbons (Fsp3) is 0.375. The maximum absolute atomic E-state index is 12.0. The molecule has 25 heavy (non-hydrogen) atoms. The van der Waals surface area contributed by atoms with E-state index in [9.17, 15) is 4.79 Å². The quantitative estimate of drug-likeness (QED) is 0.757. The van der Waals surface area contributed by atoms with Crippen molar-refractivity contribution in [2.24, 2.45) is 0 Å². The summed E-state index contributed by atoms with van der Waals surface area (Å²) >= 11 is 7.83. The van der Waals surface area contributed by atoms with Crippen molar-refractivity contribution in [1.82, 2.24) is 29.3 Å². The number of H-pyrrole nitrogens is 1. The van der Waals surface area contributed by atoms with Gasteiger partial charge in [-0.1, -0.05) is 11.6 Å². The minimum absolute atomic E-state index is 0.140. The van der Waals surface area contributed by atoms with E-state index in [1.807, 2.05) is 23.4 Å². The summed E-state index contributed by atoms with van der Waals surface area (Å²) in [5.74, 6) is 3.33. The number of aromatic amines is 1. The fourth-order valence-electron chi connectivity index (χ4n) is 2.98. The third kappa shape index (κ3) is 3.00. The Hall–Kier alpha value is -2.06. The number of rotatable bonds is 4. The summed E-state index contributed by atoms with van der Waals surface area (Å²) in [6, 6.07) is 3.84. The van der Waals surface area contributed by atoms with Crippen molar-refractivity contribution >= 4 is 23.4 Å². The van der Waals surface area contributed by atoms with Crippen molar-refractivity contribution in [1.29, 1.82) is 0 Å². The van der Waals surface area contributed by atoms with Crippen molar-refractivity contribution in [3.8, 4) is 23.0 Å². The molecule has 130 valence electrons. The van der Waals surface area contributed by atoms with Crippen LogP contribution in [0.1, 0.15) is 19.4 Å². The summed E-state index contributed by atoms with van der Waals surface area (Å²) in [6.07, 6.45) is 4.32. The highest BCUT2D eigenvalue weighted by molar-refractivity contribution is 7.99. The Morgan fingerprint density at radius 1 is 1.44 bits per heavy atom. The topological polar surface area (TPSA) is 81.4 Å². The normalized spacial score (nSPS) is 17.3. The van der Waals surface area contributed by atoms with Crippen LogP contribution < -0.4 is 5.69 Å². The van der Waals surface area contributed by atoms with Crippen molar-refractivity contribution in [3.63, 3.8) is 0 Å². The number of hydrogen-bond donors (Lipinski definition) is 1. The van der Waals surface area contributed by atoms with Crippen LogP contribution in [0.2, 0.25) is 5.02 Å². The van der Waals surface area contributed by atoms with E-state index >= 15 is 0 Å². The first-order chi connectivity index (χ1) is 12.2. The fourth-order valence-corrected chi connectivity index (χ4v) is 4.28. The van der Waals surface area contributed by atoms with Crippen LogP contribution in [0.3, 0.4) is 0 Å². The Balaban J connectivity index is 1.86. The van der Waals surface area contributed by atoms with Gasteiger partial charge in [-0.3, -0.25) is 9.55 Å². The van der Waals surface area contributed by atoms with Gasteiger partial charge in [0.05, 0.1) is 11.1 Å². The van der Waals surface area contributed by atoms with Crippen molar-refractivity contribution in [3.05, 3.63) is 40.0 Å². The van der Waals surface area contributed by atoms with E-state index in [0.717, 1.165) is 23.6 Å². The van der Waals surface area contributed by atoms with Gasteiger partial charge in [0.2, 0.25) is 0 Å². The molecule has 4 rings (SSSR count). The average molecular weight is 377 g/mol. The van der Waals surface area contributed by atoms with E-state index in [4.69, 9.17) is 21.7 Å². The molecule has 7 nitrogen and oxygen atoms in total. The van der Waals surface area contributed by atoms with Gasteiger partial charge in [0.25, 0.3) is 0 Å². The van der Waals surface area contributed by atoms with Crippen molar-refractivity contribution in [2.75, 3.05) is 11.5 Å². The molecule has 1 saturated heterocycles. The average Bonchev–Trinajstić information content (AvgIpc) is 3.34. The first-order valence-electron chi connectivity index (χ1n) is 8.12. The molecule has 4 heterocycles. The Morgan fingerprint density at radius 2 is 2.32 bits per heavy atom. The minimum Gasteiger partial charge on any atom is -0.312 e. The molecule has 1 aliphatic heterocycles. The predicted molar refractivity (Wildman–Crippen MR) is 99.0 cm³/mol. The number of nitrogens with one attached hydrogen (secondary N) is 1. The van der Waals surface area contributed by atoms with Crippen molar-refractivity contribution in [2.45, 2.75) is 25.9 Å². The van der Waals surface area contributed by atoms with Gasteiger partial charge >= 0.3 is 5.69 Å². The molecule has 1 aliphatic rings. The summed E-state index contributed by atoms with van der Waals surface area (Å²) in [6.45, 7) is 2.50. The number of halogens is 1. The maximum Gasteiger partial charge on any atom is 0.326 e. The second-order valence-corrected chi connectivity index (χ2v) is 7.39. The third-order valence-corrected chi connectivity index (χ3v) is 5.62. The zero-order valence-electron chi connectivity index (χ0n) is 13.6. The van der Waals surface area contributed by atoms with Gasteiger partial charge < -0.3 is 4.98 Å². The van der Waals surface area contributed by atoms with E-state index < -0.39 is 0 Å². The number of aromatic nitrogens is 6. The van der Waals surface area contributed by atoms with Gasteiger partial charge in [-0.15, -0.1) is 5.10 Å². The monoisotopic (exact) mass is 376 g/mol. The Kier molecular flexibility index (Phi) is 4.39. The molecule has 9 heteroatoms. The second kappa shape index (κ2) is 6.68. The highest BCUT2D eigenvalue weighted by Crippen LogP contribution is 2.32. The van der Waals surface area contributed by atoms with Gasteiger partial charge in [0.15, 0.2) is 11.6 Å². The molecule has 1 unspecified atom stereocenters. The number of nitrogens with zero attached hydrogens (tertiary/aromatic N) is 5. The first kappa shape index (κ1) is 16.4. The van der Waals surface area contributed by atoms with Gasteiger partial charge in [-0.2, -0.15) is 11.8 Å². The van der Waals surface area contributed by atoms with Crippen LogP contribution in [0.15, 0.2) is 29.3 Å². The minimum atomic E-state index is -0.140. The SMILES string of the molecule is CCn1c(-c2nc(-c3ccc(Cl)cn3)nn2C2CCSC2)c[nH]c1=O. The Labute approximate surface area is 153 Å². The van der Waals surface area contributed by atoms with E-state index in [2.05, 4.69) is 9.97 Å². The number of thioether (sulfide) groups is 1. The molecule has 0 bridgehead atoms. The van der Waals surface area contributed by atoms with Crippen LogP contribution in [0.4, 0.5) is 0 Å². The highest BCUT2D eigenvalue weighted by atomic mass is 35.5. The van der Waals surface area contributed by atoms with Crippen LogP contribution >= 0.6 is 23.4 Å². The van der Waals surface area contributed by atoms with Gasteiger partial charge in [0, 0.05) is 24.7 Å². The summed E-state index contributed by atoms with van der Waals surface area (Å²) < 4.78 is 3.61. The molecule has 1 N–H and O–H groups in total. The molecule has 3 aromatic heterocycles. The molecular formula is C16H17ClN6OS. The number of pyridine rings is 1. The van der Waals surface area contributed by atoms with E-state index in [1.54, 1.807) is 29.1 Å². The smallest absolute Gasteiger partial charge is 0.312 e. The lowest BCUT2D eigenvalue weighted by atomic mass is 10.2. The summed E-state index contributed by atoms with van der Waals surface area (Å²) in [5.41, 5.74) is 1.27. The summed E-state index contributed by atoms with van der Waals surface area (Å²) in [5, 5.41) is 5.28.